The van der Waals surface area contributed by atoms with Gasteiger partial charge in [0.1, 0.15) is 0 Å². The molecule has 0 heterocycles. The van der Waals surface area contributed by atoms with Crippen molar-refractivity contribution in [2.24, 2.45) is 5.92 Å². The smallest absolute Gasteiger partial charge is 0.200 e. The summed E-state index contributed by atoms with van der Waals surface area (Å²) >= 11 is 0. The molecule has 1 aliphatic carbocycles. The molecule has 1 saturated carbocycles. The number of hydrogen-bond acceptors (Lipinski definition) is 3. The number of ether oxygens (including phenoxy) is 1. The van der Waals surface area contributed by atoms with Gasteiger partial charge in [-0.2, -0.15) is 8.78 Å². The minimum atomic E-state index is -1.54. The van der Waals surface area contributed by atoms with E-state index in [1.54, 1.807) is 0 Å². The van der Waals surface area contributed by atoms with Crippen molar-refractivity contribution in [3.8, 4) is 22.6 Å². The van der Waals surface area contributed by atoms with Crippen LogP contribution >= 0.6 is 0 Å². The van der Waals surface area contributed by atoms with E-state index in [2.05, 4.69) is 0 Å². The first-order chi connectivity index (χ1) is 18.1. The van der Waals surface area contributed by atoms with Crippen LogP contribution in [0.2, 0.25) is 0 Å². The summed E-state index contributed by atoms with van der Waals surface area (Å²) in [7, 11) is 0. The summed E-state index contributed by atoms with van der Waals surface area (Å²) in [5.41, 5.74) is -0.941. The maximum absolute atomic E-state index is 15.0. The standard InChI is InChI=1S/C29H28F6O3/c1-2-3-21(36)20-11-13-23(29(35)27(20)33)38-14-15-4-6-16(7-5-15)17-8-9-18(25(31)24(17)30)19-10-12-22(37)28(34)26(19)32/h8-13,15-16,21,36-37H,2-7,14H2,1H3. The van der Waals surface area contributed by atoms with E-state index in [0.717, 1.165) is 12.1 Å². The van der Waals surface area contributed by atoms with Gasteiger partial charge in [0.2, 0.25) is 11.6 Å². The molecule has 1 atom stereocenters. The SMILES string of the molecule is CCCC(O)c1ccc(OCC2CCC(c3ccc(-c4ccc(O)c(F)c4F)c(F)c3F)CC2)c(F)c1F. The van der Waals surface area contributed by atoms with Gasteiger partial charge in [0.15, 0.2) is 34.8 Å². The molecule has 1 fully saturated rings. The van der Waals surface area contributed by atoms with Crippen LogP contribution in [0, 0.1) is 40.8 Å². The Morgan fingerprint density at radius 1 is 0.763 bits per heavy atom. The Hall–Kier alpha value is -3.20. The summed E-state index contributed by atoms with van der Waals surface area (Å²) in [5.74, 6) is -9.26. The summed E-state index contributed by atoms with van der Waals surface area (Å²) in [6, 6.07) is 6.99. The molecule has 0 aliphatic heterocycles. The van der Waals surface area contributed by atoms with Gasteiger partial charge in [-0.1, -0.05) is 25.5 Å². The minimum absolute atomic E-state index is 0.0136. The molecule has 38 heavy (non-hydrogen) atoms. The Morgan fingerprint density at radius 2 is 1.39 bits per heavy atom. The molecule has 0 bridgehead atoms. The van der Waals surface area contributed by atoms with Crippen molar-refractivity contribution in [1.82, 2.24) is 0 Å². The fraction of sp³-hybridized carbons (Fsp3) is 0.379. The number of aliphatic hydroxyl groups excluding tert-OH is 1. The predicted molar refractivity (Wildman–Crippen MR) is 130 cm³/mol. The lowest BCUT2D eigenvalue weighted by atomic mass is 9.78. The van der Waals surface area contributed by atoms with Crippen LogP contribution in [0.4, 0.5) is 26.3 Å². The number of halogens is 6. The van der Waals surface area contributed by atoms with Gasteiger partial charge < -0.3 is 14.9 Å². The lowest BCUT2D eigenvalue weighted by molar-refractivity contribution is 0.159. The zero-order valence-electron chi connectivity index (χ0n) is 20.7. The summed E-state index contributed by atoms with van der Waals surface area (Å²) in [6.07, 6.45) is 1.95. The van der Waals surface area contributed by atoms with Gasteiger partial charge in [-0.3, -0.25) is 0 Å². The summed E-state index contributed by atoms with van der Waals surface area (Å²) in [5, 5.41) is 19.2. The molecule has 0 radical (unpaired) electrons. The molecule has 1 aliphatic rings. The first-order valence-corrected chi connectivity index (χ1v) is 12.6. The van der Waals surface area contributed by atoms with Crippen molar-refractivity contribution in [2.45, 2.75) is 57.5 Å². The number of rotatable bonds is 8. The average molecular weight is 539 g/mol. The first-order valence-electron chi connectivity index (χ1n) is 12.6. The van der Waals surface area contributed by atoms with Crippen molar-refractivity contribution < 1.29 is 41.3 Å². The van der Waals surface area contributed by atoms with E-state index in [1.807, 2.05) is 6.92 Å². The van der Waals surface area contributed by atoms with Crippen LogP contribution in [0.3, 0.4) is 0 Å². The Balaban J connectivity index is 1.39. The van der Waals surface area contributed by atoms with E-state index >= 15 is 0 Å². The van der Waals surface area contributed by atoms with E-state index in [0.29, 0.717) is 38.5 Å². The summed E-state index contributed by atoms with van der Waals surface area (Å²) < 4.78 is 92.1. The number of aliphatic hydroxyl groups is 1. The van der Waals surface area contributed by atoms with Gasteiger partial charge in [-0.25, -0.2) is 17.6 Å². The predicted octanol–water partition coefficient (Wildman–Crippen LogP) is 8.08. The fourth-order valence-corrected chi connectivity index (χ4v) is 5.03. The minimum Gasteiger partial charge on any atom is -0.505 e. The van der Waals surface area contributed by atoms with E-state index in [-0.39, 0.29) is 35.3 Å². The topological polar surface area (TPSA) is 49.7 Å². The summed E-state index contributed by atoms with van der Waals surface area (Å²) in [4.78, 5) is 0. The van der Waals surface area contributed by atoms with Crippen molar-refractivity contribution in [3.05, 3.63) is 82.4 Å². The third kappa shape index (κ3) is 5.48. The highest BCUT2D eigenvalue weighted by atomic mass is 19.2. The highest BCUT2D eigenvalue weighted by molar-refractivity contribution is 5.66. The van der Waals surface area contributed by atoms with Gasteiger partial charge in [-0.15, -0.1) is 0 Å². The molecule has 0 amide bonds. The van der Waals surface area contributed by atoms with Crippen molar-refractivity contribution in [1.29, 1.82) is 0 Å². The molecule has 1 unspecified atom stereocenters. The molecule has 3 nitrogen and oxygen atoms in total. The van der Waals surface area contributed by atoms with Gasteiger partial charge in [0, 0.05) is 16.7 Å². The molecule has 3 aromatic carbocycles. The van der Waals surface area contributed by atoms with Gasteiger partial charge in [0.25, 0.3) is 0 Å². The normalized spacial score (nSPS) is 18.4. The van der Waals surface area contributed by atoms with Gasteiger partial charge in [0.05, 0.1) is 12.7 Å². The van der Waals surface area contributed by atoms with Crippen LogP contribution < -0.4 is 4.74 Å². The third-order valence-electron chi connectivity index (χ3n) is 7.22. The molecule has 9 heteroatoms. The largest absolute Gasteiger partial charge is 0.505 e. The molecule has 0 saturated heterocycles. The number of hydrogen-bond donors (Lipinski definition) is 2. The quantitative estimate of drug-likeness (QED) is 0.285. The Kier molecular flexibility index (Phi) is 8.55. The Bertz CT molecular complexity index is 1300. The molecule has 204 valence electrons. The van der Waals surface area contributed by atoms with E-state index in [1.165, 1.54) is 24.3 Å². The van der Waals surface area contributed by atoms with E-state index in [4.69, 9.17) is 4.74 Å². The van der Waals surface area contributed by atoms with Crippen LogP contribution in [0.25, 0.3) is 11.1 Å². The zero-order valence-corrected chi connectivity index (χ0v) is 20.7. The lowest BCUT2D eigenvalue weighted by Gasteiger charge is -2.29. The Morgan fingerprint density at radius 3 is 2.05 bits per heavy atom. The second-order valence-corrected chi connectivity index (χ2v) is 9.70. The molecule has 0 spiro atoms. The molecule has 0 aromatic heterocycles. The maximum atomic E-state index is 15.0. The third-order valence-corrected chi connectivity index (χ3v) is 7.22. The first kappa shape index (κ1) is 27.8. The zero-order chi connectivity index (χ0) is 27.6. The number of benzene rings is 3. The van der Waals surface area contributed by atoms with Crippen LogP contribution in [0.1, 0.15) is 68.6 Å². The molecule has 2 N–H and O–H groups in total. The summed E-state index contributed by atoms with van der Waals surface area (Å²) in [6.45, 7) is 1.94. The van der Waals surface area contributed by atoms with Crippen molar-refractivity contribution in [3.63, 3.8) is 0 Å². The molecular formula is C29H28F6O3. The Labute approximate surface area is 216 Å². The molecule has 3 aromatic rings. The van der Waals surface area contributed by atoms with Crippen LogP contribution in [-0.2, 0) is 0 Å². The van der Waals surface area contributed by atoms with Crippen LogP contribution in [0.5, 0.6) is 11.5 Å². The second-order valence-electron chi connectivity index (χ2n) is 9.70. The highest BCUT2D eigenvalue weighted by Crippen LogP contribution is 2.40. The fourth-order valence-electron chi connectivity index (χ4n) is 5.03. The highest BCUT2D eigenvalue weighted by Gasteiger charge is 2.28. The van der Waals surface area contributed by atoms with Crippen LogP contribution in [-0.4, -0.2) is 16.8 Å². The number of aromatic hydroxyl groups is 1. The van der Waals surface area contributed by atoms with Crippen LogP contribution in [0.15, 0.2) is 36.4 Å². The number of phenolic OH excluding ortho intramolecular Hbond substituents is 1. The van der Waals surface area contributed by atoms with E-state index < -0.39 is 57.9 Å². The average Bonchev–Trinajstić information content (AvgIpc) is 2.91. The van der Waals surface area contributed by atoms with Crippen molar-refractivity contribution >= 4 is 0 Å². The monoisotopic (exact) mass is 538 g/mol. The van der Waals surface area contributed by atoms with Crippen molar-refractivity contribution in [2.75, 3.05) is 6.61 Å². The molecular weight excluding hydrogens is 510 g/mol. The van der Waals surface area contributed by atoms with Gasteiger partial charge >= 0.3 is 0 Å². The van der Waals surface area contributed by atoms with E-state index in [9.17, 15) is 36.6 Å². The molecule has 4 rings (SSSR count). The number of phenols is 1. The second kappa shape index (κ2) is 11.7. The maximum Gasteiger partial charge on any atom is 0.200 e. The lowest BCUT2D eigenvalue weighted by Crippen LogP contribution is -2.20. The van der Waals surface area contributed by atoms with Gasteiger partial charge in [-0.05, 0) is 73.8 Å².